The molecule has 1 saturated heterocycles. The average Bonchev–Trinajstić information content (AvgIpc) is 3.14. The van der Waals surface area contributed by atoms with E-state index in [2.05, 4.69) is 0 Å². The van der Waals surface area contributed by atoms with Gasteiger partial charge in [-0.05, 0) is 42.8 Å². The molecular weight excluding hydrogens is 470 g/mol. The number of aryl methyl sites for hydroxylation is 1. The highest BCUT2D eigenvalue weighted by Gasteiger charge is 2.48. The smallest absolute Gasteiger partial charge is 0.300 e. The Kier molecular flexibility index (Phi) is 6.71. The number of para-hydroxylation sites is 1. The number of hydrogen-bond donors (Lipinski definition) is 1. The predicted octanol–water partition coefficient (Wildman–Crippen LogP) is 5.30. The van der Waals surface area contributed by atoms with E-state index < -0.39 is 23.5 Å². The monoisotopic (exact) mass is 493 g/mol. The van der Waals surface area contributed by atoms with E-state index in [-0.39, 0.29) is 22.6 Å². The molecule has 4 rings (SSSR count). The molecule has 0 aliphatic carbocycles. The highest BCUT2D eigenvalue weighted by atomic mass is 35.5. The molecule has 7 nitrogen and oxygen atoms in total. The van der Waals surface area contributed by atoms with Crippen molar-refractivity contribution in [1.82, 2.24) is 0 Å². The first kappa shape index (κ1) is 24.2. The number of ether oxygens (including phenoxy) is 3. The molecule has 3 aromatic carbocycles. The van der Waals surface area contributed by atoms with Gasteiger partial charge in [0.05, 0.1) is 32.9 Å². The summed E-state index contributed by atoms with van der Waals surface area (Å²) in [5.41, 5.74) is 1.78. The fraction of sp³-hybridized carbons (Fsp3) is 0.185. The van der Waals surface area contributed by atoms with Crippen molar-refractivity contribution in [1.29, 1.82) is 0 Å². The molecule has 1 fully saturated rings. The molecule has 8 heteroatoms. The summed E-state index contributed by atoms with van der Waals surface area (Å²) in [6.45, 7) is 1.84. The van der Waals surface area contributed by atoms with Gasteiger partial charge in [0.15, 0.2) is 0 Å². The summed E-state index contributed by atoms with van der Waals surface area (Å²) in [6, 6.07) is 16.1. The molecule has 1 aliphatic heterocycles. The van der Waals surface area contributed by atoms with E-state index >= 15 is 0 Å². The van der Waals surface area contributed by atoms with Gasteiger partial charge in [-0.2, -0.15) is 0 Å². The Balaban J connectivity index is 2.06. The molecule has 1 aliphatic rings. The Morgan fingerprint density at radius 1 is 0.886 bits per heavy atom. The van der Waals surface area contributed by atoms with Crippen LogP contribution in [-0.4, -0.2) is 38.1 Å². The van der Waals surface area contributed by atoms with Gasteiger partial charge < -0.3 is 19.3 Å². The fourth-order valence-electron chi connectivity index (χ4n) is 4.24. The van der Waals surface area contributed by atoms with Gasteiger partial charge in [0.25, 0.3) is 11.7 Å². The van der Waals surface area contributed by atoms with Gasteiger partial charge in [-0.25, -0.2) is 0 Å². The summed E-state index contributed by atoms with van der Waals surface area (Å²) in [7, 11) is 4.38. The first-order valence-electron chi connectivity index (χ1n) is 10.8. The van der Waals surface area contributed by atoms with Crippen LogP contribution >= 0.6 is 11.6 Å². The summed E-state index contributed by atoms with van der Waals surface area (Å²) in [6.07, 6.45) is 0. The first-order chi connectivity index (χ1) is 16.8. The van der Waals surface area contributed by atoms with Crippen LogP contribution in [0.5, 0.6) is 17.2 Å². The minimum absolute atomic E-state index is 0.126. The van der Waals surface area contributed by atoms with Gasteiger partial charge >= 0.3 is 0 Å². The number of aliphatic hydroxyl groups excluding tert-OH is 1. The third-order valence-electron chi connectivity index (χ3n) is 5.98. The zero-order valence-electron chi connectivity index (χ0n) is 19.7. The summed E-state index contributed by atoms with van der Waals surface area (Å²) in [4.78, 5) is 28.2. The number of Topliss-reactive ketones (excluding diaryl/α,β-unsaturated/α-hetero) is 1. The molecule has 1 heterocycles. The lowest BCUT2D eigenvalue weighted by molar-refractivity contribution is -0.132. The van der Waals surface area contributed by atoms with Crippen molar-refractivity contribution in [3.63, 3.8) is 0 Å². The Bertz CT molecular complexity index is 1330. The van der Waals surface area contributed by atoms with Crippen molar-refractivity contribution in [2.24, 2.45) is 0 Å². The Hall–Kier alpha value is -3.97. The standard InChI is InChI=1S/C27H24ClNO6/c1-15-12-13-16(14-18(15)28)29-24(17-8-5-6-9-19(17)33-2)23(26(31)27(29)32)25(30)22-20(34-3)10-7-11-21(22)35-4/h5-14,24,30H,1-4H3/b25-23+. The van der Waals surface area contributed by atoms with Crippen LogP contribution in [0.15, 0.2) is 66.2 Å². The summed E-state index contributed by atoms with van der Waals surface area (Å²) >= 11 is 6.36. The van der Waals surface area contributed by atoms with Gasteiger partial charge in [-0.15, -0.1) is 0 Å². The Morgan fingerprint density at radius 3 is 2.09 bits per heavy atom. The molecule has 1 N–H and O–H groups in total. The van der Waals surface area contributed by atoms with Crippen LogP contribution in [0.25, 0.3) is 5.76 Å². The van der Waals surface area contributed by atoms with Gasteiger partial charge in [0, 0.05) is 16.3 Å². The Morgan fingerprint density at radius 2 is 1.49 bits per heavy atom. The number of benzene rings is 3. The lowest BCUT2D eigenvalue weighted by Crippen LogP contribution is -2.29. The Labute approximate surface area is 208 Å². The van der Waals surface area contributed by atoms with Crippen LogP contribution in [0.3, 0.4) is 0 Å². The number of amides is 1. The zero-order chi connectivity index (χ0) is 25.3. The number of aliphatic hydroxyl groups is 1. The molecular formula is C27H24ClNO6. The van der Waals surface area contributed by atoms with Crippen LogP contribution in [0.4, 0.5) is 5.69 Å². The third-order valence-corrected chi connectivity index (χ3v) is 6.38. The van der Waals surface area contributed by atoms with Crippen LogP contribution in [0.2, 0.25) is 5.02 Å². The van der Waals surface area contributed by atoms with E-state index in [0.29, 0.717) is 22.0 Å². The highest BCUT2D eigenvalue weighted by Crippen LogP contribution is 2.47. The number of carbonyl (C=O) groups is 2. The maximum absolute atomic E-state index is 13.5. The second-order valence-corrected chi connectivity index (χ2v) is 8.29. The predicted molar refractivity (Wildman–Crippen MR) is 134 cm³/mol. The largest absolute Gasteiger partial charge is 0.506 e. The van der Waals surface area contributed by atoms with E-state index in [1.165, 1.54) is 26.2 Å². The van der Waals surface area contributed by atoms with Crippen molar-refractivity contribution in [2.75, 3.05) is 26.2 Å². The maximum Gasteiger partial charge on any atom is 0.300 e. The molecule has 1 unspecified atom stereocenters. The minimum Gasteiger partial charge on any atom is -0.506 e. The van der Waals surface area contributed by atoms with Crippen LogP contribution in [-0.2, 0) is 9.59 Å². The molecule has 0 radical (unpaired) electrons. The quantitative estimate of drug-likeness (QED) is 0.285. The van der Waals surface area contributed by atoms with Crippen molar-refractivity contribution in [3.05, 3.63) is 87.9 Å². The lowest BCUT2D eigenvalue weighted by atomic mass is 9.93. The number of rotatable bonds is 6. The minimum atomic E-state index is -1.00. The number of hydrogen-bond acceptors (Lipinski definition) is 6. The second kappa shape index (κ2) is 9.72. The van der Waals surface area contributed by atoms with Gasteiger partial charge in [-0.1, -0.05) is 41.9 Å². The molecule has 0 aromatic heterocycles. The van der Waals surface area contributed by atoms with E-state index in [9.17, 15) is 14.7 Å². The van der Waals surface area contributed by atoms with Gasteiger partial charge in [0.2, 0.25) is 0 Å². The van der Waals surface area contributed by atoms with Gasteiger partial charge in [-0.3, -0.25) is 14.5 Å². The van der Waals surface area contributed by atoms with Crippen molar-refractivity contribution >= 4 is 34.7 Å². The van der Waals surface area contributed by atoms with Crippen LogP contribution < -0.4 is 19.1 Å². The number of anilines is 1. The second-order valence-electron chi connectivity index (χ2n) is 7.88. The van der Waals surface area contributed by atoms with Crippen LogP contribution in [0, 0.1) is 6.92 Å². The number of nitrogens with zero attached hydrogens (tertiary/aromatic N) is 1. The molecule has 180 valence electrons. The summed E-state index contributed by atoms with van der Waals surface area (Å²) in [5.74, 6) is -1.08. The first-order valence-corrected chi connectivity index (χ1v) is 11.1. The lowest BCUT2D eigenvalue weighted by Gasteiger charge is -2.27. The highest BCUT2D eigenvalue weighted by molar-refractivity contribution is 6.52. The van der Waals surface area contributed by atoms with Crippen molar-refractivity contribution < 1.29 is 28.9 Å². The van der Waals surface area contributed by atoms with E-state index in [0.717, 1.165) is 5.56 Å². The van der Waals surface area contributed by atoms with Crippen LogP contribution in [0.1, 0.15) is 22.7 Å². The number of methoxy groups -OCH3 is 3. The summed E-state index contributed by atoms with van der Waals surface area (Å²) in [5, 5.41) is 12.0. The topological polar surface area (TPSA) is 85.3 Å². The number of carbonyl (C=O) groups excluding carboxylic acids is 2. The number of ketones is 1. The van der Waals surface area contributed by atoms with E-state index in [1.54, 1.807) is 60.7 Å². The van der Waals surface area contributed by atoms with Crippen molar-refractivity contribution in [3.8, 4) is 17.2 Å². The molecule has 1 amide bonds. The SMILES string of the molecule is COc1ccccc1C1/C(=C(\O)c2c(OC)cccc2OC)C(=O)C(=O)N1c1ccc(C)c(Cl)c1. The molecule has 0 spiro atoms. The molecule has 3 aromatic rings. The zero-order valence-corrected chi connectivity index (χ0v) is 20.4. The molecule has 0 bridgehead atoms. The fourth-order valence-corrected chi connectivity index (χ4v) is 4.41. The van der Waals surface area contributed by atoms with Gasteiger partial charge in [0.1, 0.15) is 28.6 Å². The summed E-state index contributed by atoms with van der Waals surface area (Å²) < 4.78 is 16.4. The molecule has 0 saturated carbocycles. The number of halogens is 1. The van der Waals surface area contributed by atoms with E-state index in [4.69, 9.17) is 25.8 Å². The molecule has 35 heavy (non-hydrogen) atoms. The van der Waals surface area contributed by atoms with E-state index in [1.807, 2.05) is 6.92 Å². The third kappa shape index (κ3) is 4.08. The normalized spacial score (nSPS) is 16.9. The maximum atomic E-state index is 13.5. The van der Waals surface area contributed by atoms with Crippen molar-refractivity contribution in [2.45, 2.75) is 13.0 Å². The average molecular weight is 494 g/mol. The molecule has 1 atom stereocenters.